The maximum atomic E-state index is 12.4. The molecule has 3 rings (SSSR count). The van der Waals surface area contributed by atoms with Gasteiger partial charge in [0.2, 0.25) is 5.91 Å². The molecule has 3 atom stereocenters. The van der Waals surface area contributed by atoms with Crippen molar-refractivity contribution in [2.45, 2.75) is 24.6 Å². The van der Waals surface area contributed by atoms with Gasteiger partial charge < -0.3 is 25.2 Å². The molecule has 0 aliphatic carbocycles. The zero-order valence-corrected chi connectivity index (χ0v) is 11.1. The molecule has 0 aromatic heterocycles. The number of nitrogens with one attached hydrogen (secondary N) is 2. The molecule has 0 bridgehead atoms. The van der Waals surface area contributed by atoms with E-state index in [1.807, 2.05) is 9.80 Å². The fourth-order valence-electron chi connectivity index (χ4n) is 3.10. The Morgan fingerprint density at radius 2 is 2.21 bits per heavy atom. The predicted molar refractivity (Wildman–Crippen MR) is 67.7 cm³/mol. The lowest BCUT2D eigenvalue weighted by molar-refractivity contribution is -0.135. The highest BCUT2D eigenvalue weighted by Crippen LogP contribution is 2.18. The molecule has 19 heavy (non-hydrogen) atoms. The number of rotatable bonds is 2. The van der Waals surface area contributed by atoms with E-state index >= 15 is 0 Å². The zero-order chi connectivity index (χ0) is 13.4. The third-order valence-electron chi connectivity index (χ3n) is 4.27. The van der Waals surface area contributed by atoms with Crippen molar-refractivity contribution in [3.8, 4) is 0 Å². The monoisotopic (exact) mass is 268 g/mol. The first kappa shape index (κ1) is 12.7. The van der Waals surface area contributed by atoms with Crippen LogP contribution in [0, 0.1) is 0 Å². The smallest absolute Gasteiger partial charge is 0.317 e. The van der Waals surface area contributed by atoms with Crippen LogP contribution in [0.15, 0.2) is 0 Å². The molecule has 7 heteroatoms. The number of methoxy groups -OCH3 is 1. The number of carbonyl (C=O) groups excluding carboxylic acids is 2. The Bertz CT molecular complexity index is 389. The van der Waals surface area contributed by atoms with Crippen LogP contribution < -0.4 is 10.6 Å². The Hall–Kier alpha value is -1.34. The molecular formula is C12H20N4O3. The minimum absolute atomic E-state index is 0.00413. The first-order valence-electron chi connectivity index (χ1n) is 6.78. The van der Waals surface area contributed by atoms with Crippen molar-refractivity contribution < 1.29 is 14.3 Å². The molecule has 3 fully saturated rings. The minimum atomic E-state index is -0.137. The summed E-state index contributed by atoms with van der Waals surface area (Å²) in [5.74, 6) is 0.138. The highest BCUT2D eigenvalue weighted by molar-refractivity contribution is 5.83. The molecule has 0 aromatic carbocycles. The highest BCUT2D eigenvalue weighted by atomic mass is 16.5. The molecular weight excluding hydrogens is 248 g/mol. The standard InChI is InChI=1S/C12H20N4O3/c1-19-9-4-10(13-6-9)11(17)15-2-3-16-8(7-15)5-14-12(16)18/h8-10,13H,2-7H2,1H3,(H,14,18). The fourth-order valence-corrected chi connectivity index (χ4v) is 3.10. The van der Waals surface area contributed by atoms with Crippen LogP contribution in [-0.4, -0.2) is 79.8 Å². The van der Waals surface area contributed by atoms with E-state index in [0.717, 1.165) is 13.0 Å². The van der Waals surface area contributed by atoms with E-state index in [9.17, 15) is 9.59 Å². The average molecular weight is 268 g/mol. The quantitative estimate of drug-likeness (QED) is 0.646. The van der Waals surface area contributed by atoms with Gasteiger partial charge in [-0.1, -0.05) is 0 Å². The summed E-state index contributed by atoms with van der Waals surface area (Å²) in [7, 11) is 1.67. The van der Waals surface area contributed by atoms with E-state index in [-0.39, 0.29) is 30.1 Å². The number of nitrogens with zero attached hydrogens (tertiary/aromatic N) is 2. The molecule has 3 unspecified atom stereocenters. The number of hydrogen-bond donors (Lipinski definition) is 2. The van der Waals surface area contributed by atoms with Crippen LogP contribution in [0.3, 0.4) is 0 Å². The van der Waals surface area contributed by atoms with E-state index in [1.165, 1.54) is 0 Å². The van der Waals surface area contributed by atoms with E-state index in [4.69, 9.17) is 4.74 Å². The second-order valence-electron chi connectivity index (χ2n) is 5.37. The molecule has 106 valence electrons. The van der Waals surface area contributed by atoms with Crippen LogP contribution >= 0.6 is 0 Å². The highest BCUT2D eigenvalue weighted by Gasteiger charge is 2.39. The maximum absolute atomic E-state index is 12.4. The van der Waals surface area contributed by atoms with Crippen molar-refractivity contribution in [1.29, 1.82) is 0 Å². The van der Waals surface area contributed by atoms with Gasteiger partial charge in [-0.3, -0.25) is 4.79 Å². The molecule has 0 spiro atoms. The number of hydrogen-bond acceptors (Lipinski definition) is 4. The van der Waals surface area contributed by atoms with Crippen LogP contribution in [0.25, 0.3) is 0 Å². The van der Waals surface area contributed by atoms with Gasteiger partial charge in [0, 0.05) is 39.8 Å². The minimum Gasteiger partial charge on any atom is -0.380 e. The molecule has 3 aliphatic rings. The van der Waals surface area contributed by atoms with Gasteiger partial charge in [0.05, 0.1) is 18.2 Å². The number of amides is 3. The van der Waals surface area contributed by atoms with Crippen molar-refractivity contribution in [3.05, 3.63) is 0 Å². The van der Waals surface area contributed by atoms with Gasteiger partial charge in [0.15, 0.2) is 0 Å². The molecule has 3 heterocycles. The molecule has 7 nitrogen and oxygen atoms in total. The average Bonchev–Trinajstić information content (AvgIpc) is 3.05. The maximum Gasteiger partial charge on any atom is 0.317 e. The summed E-state index contributed by atoms with van der Waals surface area (Å²) in [4.78, 5) is 27.6. The first-order chi connectivity index (χ1) is 9.19. The van der Waals surface area contributed by atoms with E-state index in [1.54, 1.807) is 7.11 Å². The summed E-state index contributed by atoms with van der Waals surface area (Å²) in [5.41, 5.74) is 0. The van der Waals surface area contributed by atoms with Crippen molar-refractivity contribution >= 4 is 11.9 Å². The van der Waals surface area contributed by atoms with E-state index in [0.29, 0.717) is 26.2 Å². The molecule has 3 saturated heterocycles. The molecule has 0 saturated carbocycles. The predicted octanol–water partition coefficient (Wildman–Crippen LogP) is -1.40. The number of ether oxygens (including phenoxy) is 1. The SMILES string of the molecule is COC1CNC(C(=O)N2CCN3C(=O)NCC3C2)C1. The summed E-state index contributed by atoms with van der Waals surface area (Å²) in [6.45, 7) is 3.26. The van der Waals surface area contributed by atoms with Gasteiger partial charge in [0.25, 0.3) is 0 Å². The van der Waals surface area contributed by atoms with E-state index in [2.05, 4.69) is 10.6 Å². The lowest BCUT2D eigenvalue weighted by Gasteiger charge is -2.37. The largest absolute Gasteiger partial charge is 0.380 e. The van der Waals surface area contributed by atoms with Gasteiger partial charge in [0.1, 0.15) is 0 Å². The lowest BCUT2D eigenvalue weighted by atomic mass is 10.1. The topological polar surface area (TPSA) is 73.9 Å². The third-order valence-corrected chi connectivity index (χ3v) is 4.27. The van der Waals surface area contributed by atoms with Crippen LogP contribution in [0.1, 0.15) is 6.42 Å². The second kappa shape index (κ2) is 4.97. The Balaban J connectivity index is 1.58. The van der Waals surface area contributed by atoms with Crippen molar-refractivity contribution in [2.24, 2.45) is 0 Å². The number of urea groups is 1. The van der Waals surface area contributed by atoms with Crippen molar-refractivity contribution in [2.75, 3.05) is 39.8 Å². The third kappa shape index (κ3) is 2.28. The van der Waals surface area contributed by atoms with Crippen LogP contribution in [0.5, 0.6) is 0 Å². The van der Waals surface area contributed by atoms with E-state index < -0.39 is 0 Å². The fraction of sp³-hybridized carbons (Fsp3) is 0.833. The Morgan fingerprint density at radius 1 is 1.37 bits per heavy atom. The summed E-state index contributed by atoms with van der Waals surface area (Å²) >= 11 is 0. The van der Waals surface area contributed by atoms with Gasteiger partial charge in [-0.25, -0.2) is 4.79 Å². The van der Waals surface area contributed by atoms with Crippen LogP contribution in [-0.2, 0) is 9.53 Å². The summed E-state index contributed by atoms with van der Waals surface area (Å²) in [5, 5.41) is 6.03. The van der Waals surface area contributed by atoms with Crippen LogP contribution in [0.2, 0.25) is 0 Å². The van der Waals surface area contributed by atoms with Gasteiger partial charge in [-0.2, -0.15) is 0 Å². The Labute approximate surface area is 112 Å². The molecule has 0 aromatic rings. The van der Waals surface area contributed by atoms with Crippen LogP contribution in [0.4, 0.5) is 4.79 Å². The van der Waals surface area contributed by atoms with Crippen molar-refractivity contribution in [1.82, 2.24) is 20.4 Å². The number of piperazine rings is 1. The summed E-state index contributed by atoms with van der Waals surface area (Å²) in [6.07, 6.45) is 0.863. The lowest BCUT2D eigenvalue weighted by Crippen LogP contribution is -2.56. The Kier molecular flexibility index (Phi) is 3.32. The summed E-state index contributed by atoms with van der Waals surface area (Å²) in [6, 6.07) is -0.0121. The molecule has 3 aliphatic heterocycles. The number of carbonyl (C=O) groups is 2. The normalized spacial score (nSPS) is 34.4. The Morgan fingerprint density at radius 3 is 2.95 bits per heavy atom. The zero-order valence-electron chi connectivity index (χ0n) is 11.1. The van der Waals surface area contributed by atoms with Gasteiger partial charge in [-0.15, -0.1) is 0 Å². The van der Waals surface area contributed by atoms with Gasteiger partial charge in [-0.05, 0) is 6.42 Å². The van der Waals surface area contributed by atoms with Crippen molar-refractivity contribution in [3.63, 3.8) is 0 Å². The number of fused-ring (bicyclic) bond motifs is 1. The molecule has 3 amide bonds. The first-order valence-corrected chi connectivity index (χ1v) is 6.78. The van der Waals surface area contributed by atoms with Gasteiger partial charge >= 0.3 is 6.03 Å². The second-order valence-corrected chi connectivity index (χ2v) is 5.37. The summed E-state index contributed by atoms with van der Waals surface area (Å²) < 4.78 is 5.27. The molecule has 2 N–H and O–H groups in total. The molecule has 0 radical (unpaired) electrons.